The van der Waals surface area contributed by atoms with Crippen molar-refractivity contribution < 1.29 is 0 Å². The van der Waals surface area contributed by atoms with Crippen molar-refractivity contribution in [2.75, 3.05) is 31.1 Å². The first-order valence-electron chi connectivity index (χ1n) is 10.0. The number of aromatic nitrogens is 3. The Bertz CT molecular complexity index is 920. The first-order chi connectivity index (χ1) is 13.4. The minimum atomic E-state index is 0.650. The number of para-hydroxylation sites is 1. The molecule has 5 nitrogen and oxygen atoms in total. The van der Waals surface area contributed by atoms with Gasteiger partial charge in [-0.25, -0.2) is 9.97 Å². The molecular weight excluding hydrogens is 334 g/mol. The number of fused-ring (bicyclic) bond motifs is 1. The second-order valence-electron chi connectivity index (χ2n) is 7.61. The van der Waals surface area contributed by atoms with Crippen LogP contribution in [0.3, 0.4) is 0 Å². The fourth-order valence-electron chi connectivity index (χ4n) is 4.48. The summed E-state index contributed by atoms with van der Waals surface area (Å²) in [7, 11) is 0. The lowest BCUT2D eigenvalue weighted by Gasteiger charge is -2.38. The van der Waals surface area contributed by atoms with Crippen LogP contribution < -0.4 is 4.90 Å². The van der Waals surface area contributed by atoms with E-state index in [1.54, 1.807) is 6.20 Å². The molecule has 27 heavy (non-hydrogen) atoms. The molecule has 5 rings (SSSR count). The molecule has 0 bridgehead atoms. The highest BCUT2D eigenvalue weighted by Gasteiger charge is 2.28. The van der Waals surface area contributed by atoms with Gasteiger partial charge in [0.2, 0.25) is 0 Å². The van der Waals surface area contributed by atoms with Gasteiger partial charge in [-0.05, 0) is 63.0 Å². The molecule has 2 fully saturated rings. The zero-order chi connectivity index (χ0) is 18.1. The number of likely N-dealkylation sites (tertiary alicyclic amines) is 1. The van der Waals surface area contributed by atoms with Gasteiger partial charge in [0, 0.05) is 42.5 Å². The lowest BCUT2D eigenvalue weighted by atomic mass is 10.0. The Morgan fingerprint density at radius 1 is 0.889 bits per heavy atom. The SMILES string of the molecule is c1cncc(-c2nc(N3CCCC(N4CCCC4)C3)c3ccccc3n2)c1. The third kappa shape index (κ3) is 3.28. The van der Waals surface area contributed by atoms with E-state index in [1.165, 1.54) is 38.8 Å². The number of rotatable bonds is 3. The van der Waals surface area contributed by atoms with Gasteiger partial charge < -0.3 is 4.90 Å². The predicted molar refractivity (Wildman–Crippen MR) is 109 cm³/mol. The van der Waals surface area contributed by atoms with Gasteiger partial charge in [-0.1, -0.05) is 12.1 Å². The van der Waals surface area contributed by atoms with Crippen LogP contribution in [-0.2, 0) is 0 Å². The average Bonchev–Trinajstić information content (AvgIpc) is 3.29. The molecule has 138 valence electrons. The van der Waals surface area contributed by atoms with Crippen LogP contribution in [0, 0.1) is 0 Å². The van der Waals surface area contributed by atoms with E-state index in [-0.39, 0.29) is 0 Å². The third-order valence-electron chi connectivity index (χ3n) is 5.86. The maximum absolute atomic E-state index is 5.01. The third-order valence-corrected chi connectivity index (χ3v) is 5.86. The van der Waals surface area contributed by atoms with Gasteiger partial charge in [-0.3, -0.25) is 9.88 Å². The van der Waals surface area contributed by atoms with Crippen molar-refractivity contribution in [2.24, 2.45) is 0 Å². The van der Waals surface area contributed by atoms with Crippen molar-refractivity contribution in [1.29, 1.82) is 0 Å². The van der Waals surface area contributed by atoms with Crippen molar-refractivity contribution in [3.8, 4) is 11.4 Å². The van der Waals surface area contributed by atoms with Crippen LogP contribution in [0.25, 0.3) is 22.3 Å². The van der Waals surface area contributed by atoms with Crippen molar-refractivity contribution in [3.63, 3.8) is 0 Å². The van der Waals surface area contributed by atoms with Crippen LogP contribution in [0.15, 0.2) is 48.8 Å². The molecule has 4 heterocycles. The quantitative estimate of drug-likeness (QED) is 0.712. The van der Waals surface area contributed by atoms with E-state index >= 15 is 0 Å². The number of piperidine rings is 1. The maximum Gasteiger partial charge on any atom is 0.163 e. The lowest BCUT2D eigenvalue weighted by molar-refractivity contribution is 0.215. The average molecular weight is 359 g/mol. The van der Waals surface area contributed by atoms with E-state index in [1.807, 2.05) is 18.3 Å². The minimum absolute atomic E-state index is 0.650. The Kier molecular flexibility index (Phi) is 4.46. The molecule has 0 amide bonds. The summed E-state index contributed by atoms with van der Waals surface area (Å²) in [6, 6.07) is 13.0. The first-order valence-corrected chi connectivity index (χ1v) is 10.0. The van der Waals surface area contributed by atoms with Gasteiger partial charge >= 0.3 is 0 Å². The number of hydrogen-bond donors (Lipinski definition) is 0. The summed E-state index contributed by atoms with van der Waals surface area (Å²) in [6.07, 6.45) is 8.85. The highest BCUT2D eigenvalue weighted by molar-refractivity contribution is 5.91. The summed E-state index contributed by atoms with van der Waals surface area (Å²) >= 11 is 0. The van der Waals surface area contributed by atoms with Crippen LogP contribution >= 0.6 is 0 Å². The maximum atomic E-state index is 5.01. The normalized spacial score (nSPS) is 21.0. The van der Waals surface area contributed by atoms with E-state index < -0.39 is 0 Å². The highest BCUT2D eigenvalue weighted by atomic mass is 15.3. The first kappa shape index (κ1) is 16.6. The second-order valence-corrected chi connectivity index (χ2v) is 7.61. The van der Waals surface area contributed by atoms with Crippen molar-refractivity contribution in [3.05, 3.63) is 48.8 Å². The molecule has 1 unspecified atom stereocenters. The number of pyridine rings is 1. The van der Waals surface area contributed by atoms with E-state index in [0.29, 0.717) is 6.04 Å². The molecule has 0 radical (unpaired) electrons. The number of hydrogen-bond acceptors (Lipinski definition) is 5. The van der Waals surface area contributed by atoms with E-state index in [9.17, 15) is 0 Å². The molecule has 3 aromatic rings. The predicted octanol–water partition coefficient (Wildman–Crippen LogP) is 3.76. The molecular formula is C22H25N5. The molecule has 0 N–H and O–H groups in total. The molecule has 2 aliphatic heterocycles. The van der Waals surface area contributed by atoms with Crippen LogP contribution in [-0.4, -0.2) is 52.1 Å². The van der Waals surface area contributed by atoms with Gasteiger partial charge in [0.05, 0.1) is 5.52 Å². The molecule has 1 atom stereocenters. The summed E-state index contributed by atoms with van der Waals surface area (Å²) in [5.41, 5.74) is 1.97. The van der Waals surface area contributed by atoms with Gasteiger partial charge in [0.1, 0.15) is 5.82 Å². The summed E-state index contributed by atoms with van der Waals surface area (Å²) in [4.78, 5) is 19.2. The number of nitrogens with zero attached hydrogens (tertiary/aromatic N) is 5. The monoisotopic (exact) mass is 359 g/mol. The van der Waals surface area contributed by atoms with E-state index in [2.05, 4.69) is 39.0 Å². The summed E-state index contributed by atoms with van der Waals surface area (Å²) in [6.45, 7) is 4.64. The number of anilines is 1. The standard InChI is InChI=1S/C22H25N5/c1-2-10-20-19(9-1)22(25-21(24-20)17-7-5-11-23-15-17)27-14-6-8-18(16-27)26-12-3-4-13-26/h1-2,5,7,9-11,15,18H,3-4,6,8,12-14,16H2. The van der Waals surface area contributed by atoms with Crippen molar-refractivity contribution in [2.45, 2.75) is 31.7 Å². The molecule has 0 spiro atoms. The fourth-order valence-corrected chi connectivity index (χ4v) is 4.48. The van der Waals surface area contributed by atoms with Crippen LogP contribution in [0.1, 0.15) is 25.7 Å². The Labute approximate surface area is 160 Å². The lowest BCUT2D eigenvalue weighted by Crippen LogP contribution is -2.47. The summed E-state index contributed by atoms with van der Waals surface area (Å²) in [5.74, 6) is 1.84. The van der Waals surface area contributed by atoms with Crippen molar-refractivity contribution >= 4 is 16.7 Å². The zero-order valence-electron chi connectivity index (χ0n) is 15.6. The van der Waals surface area contributed by atoms with Gasteiger partial charge in [-0.15, -0.1) is 0 Å². The van der Waals surface area contributed by atoms with Crippen LogP contribution in [0.2, 0.25) is 0 Å². The second kappa shape index (κ2) is 7.24. The Balaban J connectivity index is 1.55. The largest absolute Gasteiger partial charge is 0.354 e. The fraction of sp³-hybridized carbons (Fsp3) is 0.409. The summed E-state index contributed by atoms with van der Waals surface area (Å²) in [5, 5.41) is 1.15. The van der Waals surface area contributed by atoms with Gasteiger partial charge in [-0.2, -0.15) is 0 Å². The molecule has 2 aromatic heterocycles. The Hall–Kier alpha value is -2.53. The van der Waals surface area contributed by atoms with Gasteiger partial charge in [0.25, 0.3) is 0 Å². The molecule has 5 heteroatoms. The molecule has 0 saturated carbocycles. The molecule has 1 aromatic carbocycles. The smallest absolute Gasteiger partial charge is 0.163 e. The molecule has 0 aliphatic carbocycles. The number of benzene rings is 1. The highest BCUT2D eigenvalue weighted by Crippen LogP contribution is 2.30. The van der Waals surface area contributed by atoms with Crippen molar-refractivity contribution in [1.82, 2.24) is 19.9 Å². The molecule has 2 aliphatic rings. The van der Waals surface area contributed by atoms with Crippen LogP contribution in [0.5, 0.6) is 0 Å². The summed E-state index contributed by atoms with van der Waals surface area (Å²) < 4.78 is 0. The molecule has 2 saturated heterocycles. The zero-order valence-corrected chi connectivity index (χ0v) is 15.6. The Morgan fingerprint density at radius 2 is 1.78 bits per heavy atom. The van der Waals surface area contributed by atoms with Gasteiger partial charge in [0.15, 0.2) is 5.82 Å². The van der Waals surface area contributed by atoms with E-state index in [4.69, 9.17) is 9.97 Å². The topological polar surface area (TPSA) is 45.2 Å². The Morgan fingerprint density at radius 3 is 2.63 bits per heavy atom. The van der Waals surface area contributed by atoms with Crippen LogP contribution in [0.4, 0.5) is 5.82 Å². The van der Waals surface area contributed by atoms with E-state index in [0.717, 1.165) is 41.2 Å². The minimum Gasteiger partial charge on any atom is -0.354 e.